The molecule has 0 amide bonds. The molecule has 1 unspecified atom stereocenters. The van der Waals surface area contributed by atoms with Gasteiger partial charge >= 0.3 is 0 Å². The van der Waals surface area contributed by atoms with E-state index >= 15 is 0 Å². The van der Waals surface area contributed by atoms with Crippen molar-refractivity contribution in [3.63, 3.8) is 0 Å². The summed E-state index contributed by atoms with van der Waals surface area (Å²) in [6, 6.07) is 0. The Labute approximate surface area is 71.9 Å². The summed E-state index contributed by atoms with van der Waals surface area (Å²) in [4.78, 5) is 9.56. The van der Waals surface area contributed by atoms with Crippen LogP contribution in [0.3, 0.4) is 0 Å². The first-order chi connectivity index (χ1) is 5.70. The van der Waals surface area contributed by atoms with Crippen molar-refractivity contribution < 1.29 is 5.11 Å². The van der Waals surface area contributed by atoms with Crippen LogP contribution in [-0.4, -0.2) is 40.6 Å². The van der Waals surface area contributed by atoms with Gasteiger partial charge in [0.15, 0.2) is 0 Å². The predicted octanol–water partition coefficient (Wildman–Crippen LogP) is 0.0716. The van der Waals surface area contributed by atoms with Gasteiger partial charge in [0.2, 0.25) is 0 Å². The molecule has 0 aliphatic carbocycles. The number of aliphatic hydroxyl groups is 1. The van der Waals surface area contributed by atoms with Crippen molar-refractivity contribution in [3.05, 3.63) is 24.3 Å². The minimum atomic E-state index is -0.499. The highest BCUT2D eigenvalue weighted by atomic mass is 16.3. The minimum absolute atomic E-state index is 0.499. The van der Waals surface area contributed by atoms with Crippen molar-refractivity contribution in [3.8, 4) is 0 Å². The van der Waals surface area contributed by atoms with E-state index in [-0.39, 0.29) is 0 Å². The Bertz CT molecular complexity index is 225. The van der Waals surface area contributed by atoms with E-state index in [1.54, 1.807) is 12.4 Å². The smallest absolute Gasteiger partial charge is 0.115 e. The maximum atomic E-state index is 9.57. The predicted molar refractivity (Wildman–Crippen MR) is 45.5 cm³/mol. The van der Waals surface area contributed by atoms with Crippen LogP contribution in [0.4, 0.5) is 0 Å². The molecule has 0 fully saturated rings. The van der Waals surface area contributed by atoms with Gasteiger partial charge < -0.3 is 10.0 Å². The highest BCUT2D eigenvalue weighted by molar-refractivity contribution is 5.06. The van der Waals surface area contributed by atoms with Gasteiger partial charge in [0, 0.05) is 24.5 Å². The zero-order valence-corrected chi connectivity index (χ0v) is 7.31. The molecule has 0 aliphatic rings. The number of nitrogens with zero attached hydrogens (tertiary/aromatic N) is 3. The summed E-state index contributed by atoms with van der Waals surface area (Å²) < 4.78 is 0. The summed E-state index contributed by atoms with van der Waals surface area (Å²) >= 11 is 0. The van der Waals surface area contributed by atoms with Crippen molar-refractivity contribution >= 4 is 0 Å². The van der Waals surface area contributed by atoms with E-state index in [0.717, 1.165) is 5.56 Å². The molecular weight excluding hydrogens is 154 g/mol. The largest absolute Gasteiger partial charge is 0.387 e. The Morgan fingerprint density at radius 1 is 1.42 bits per heavy atom. The number of aliphatic hydroxyl groups excluding tert-OH is 1. The number of hydrogen-bond donors (Lipinski definition) is 1. The molecule has 1 heterocycles. The highest BCUT2D eigenvalue weighted by Gasteiger charge is 2.07. The van der Waals surface area contributed by atoms with Gasteiger partial charge in [-0.05, 0) is 14.1 Å². The molecule has 0 spiro atoms. The van der Waals surface area contributed by atoms with Gasteiger partial charge in [-0.15, -0.1) is 0 Å². The Morgan fingerprint density at radius 2 is 2.00 bits per heavy atom. The first kappa shape index (κ1) is 9.09. The maximum absolute atomic E-state index is 9.57. The van der Waals surface area contributed by atoms with E-state index in [9.17, 15) is 5.11 Å². The molecule has 0 aromatic carbocycles. The maximum Gasteiger partial charge on any atom is 0.115 e. The molecule has 0 radical (unpaired) electrons. The SMILES string of the molecule is CN(C)CC(O)c1cncnc1. The zero-order valence-electron chi connectivity index (χ0n) is 7.31. The van der Waals surface area contributed by atoms with Gasteiger partial charge in [-0.25, -0.2) is 9.97 Å². The molecule has 1 N–H and O–H groups in total. The molecule has 12 heavy (non-hydrogen) atoms. The molecule has 1 aromatic heterocycles. The third-order valence-electron chi connectivity index (χ3n) is 1.50. The van der Waals surface area contributed by atoms with Crippen molar-refractivity contribution in [1.29, 1.82) is 0 Å². The lowest BCUT2D eigenvalue weighted by molar-refractivity contribution is 0.137. The number of hydrogen-bond acceptors (Lipinski definition) is 4. The summed E-state index contributed by atoms with van der Waals surface area (Å²) in [7, 11) is 3.82. The normalized spacial score (nSPS) is 13.3. The Balaban J connectivity index is 2.59. The Morgan fingerprint density at radius 3 is 2.50 bits per heavy atom. The van der Waals surface area contributed by atoms with Crippen LogP contribution in [-0.2, 0) is 0 Å². The topological polar surface area (TPSA) is 49.2 Å². The fourth-order valence-corrected chi connectivity index (χ4v) is 0.934. The molecule has 1 rings (SSSR count). The van der Waals surface area contributed by atoms with E-state index in [1.165, 1.54) is 6.33 Å². The second-order valence-electron chi connectivity index (χ2n) is 2.95. The molecule has 0 saturated heterocycles. The van der Waals surface area contributed by atoms with Crippen LogP contribution in [0.5, 0.6) is 0 Å². The first-order valence-corrected chi connectivity index (χ1v) is 3.78. The van der Waals surface area contributed by atoms with Crippen LogP contribution in [0.15, 0.2) is 18.7 Å². The fraction of sp³-hybridized carbons (Fsp3) is 0.500. The molecule has 0 saturated carbocycles. The van der Waals surface area contributed by atoms with Crippen molar-refractivity contribution in [2.45, 2.75) is 6.10 Å². The number of aromatic nitrogens is 2. The molecule has 4 heteroatoms. The van der Waals surface area contributed by atoms with Crippen LogP contribution in [0.1, 0.15) is 11.7 Å². The van der Waals surface area contributed by atoms with E-state index < -0.39 is 6.10 Å². The average Bonchev–Trinajstić information content (AvgIpc) is 2.05. The minimum Gasteiger partial charge on any atom is -0.387 e. The lowest BCUT2D eigenvalue weighted by Crippen LogP contribution is -2.20. The molecular formula is C8H13N3O. The van der Waals surface area contributed by atoms with Gasteiger partial charge in [-0.1, -0.05) is 0 Å². The summed E-state index contributed by atoms with van der Waals surface area (Å²) in [6.07, 6.45) is 4.20. The average molecular weight is 167 g/mol. The zero-order chi connectivity index (χ0) is 8.97. The third kappa shape index (κ3) is 2.56. The molecule has 1 atom stereocenters. The second-order valence-corrected chi connectivity index (χ2v) is 2.95. The quantitative estimate of drug-likeness (QED) is 0.692. The van der Waals surface area contributed by atoms with E-state index in [0.29, 0.717) is 6.54 Å². The third-order valence-corrected chi connectivity index (χ3v) is 1.50. The second kappa shape index (κ2) is 4.13. The van der Waals surface area contributed by atoms with Gasteiger partial charge in [-0.3, -0.25) is 0 Å². The van der Waals surface area contributed by atoms with Gasteiger partial charge in [0.25, 0.3) is 0 Å². The van der Waals surface area contributed by atoms with Crippen LogP contribution in [0.25, 0.3) is 0 Å². The van der Waals surface area contributed by atoms with Crippen LogP contribution < -0.4 is 0 Å². The van der Waals surface area contributed by atoms with Crippen molar-refractivity contribution in [1.82, 2.24) is 14.9 Å². The van der Waals surface area contributed by atoms with Crippen LogP contribution in [0.2, 0.25) is 0 Å². The van der Waals surface area contributed by atoms with Crippen LogP contribution in [0, 0.1) is 0 Å². The monoisotopic (exact) mass is 167 g/mol. The first-order valence-electron chi connectivity index (χ1n) is 3.78. The molecule has 0 bridgehead atoms. The Hall–Kier alpha value is -1.00. The summed E-state index contributed by atoms with van der Waals surface area (Å²) in [5.74, 6) is 0. The lowest BCUT2D eigenvalue weighted by Gasteiger charge is -2.14. The van der Waals surface area contributed by atoms with Crippen LogP contribution >= 0.6 is 0 Å². The van der Waals surface area contributed by atoms with Crippen molar-refractivity contribution in [2.24, 2.45) is 0 Å². The van der Waals surface area contributed by atoms with Crippen molar-refractivity contribution in [2.75, 3.05) is 20.6 Å². The molecule has 66 valence electrons. The molecule has 4 nitrogen and oxygen atoms in total. The lowest BCUT2D eigenvalue weighted by atomic mass is 10.2. The van der Waals surface area contributed by atoms with Gasteiger partial charge in [0.1, 0.15) is 6.33 Å². The summed E-state index contributed by atoms with van der Waals surface area (Å²) in [5, 5.41) is 9.57. The fourth-order valence-electron chi connectivity index (χ4n) is 0.934. The van der Waals surface area contributed by atoms with Gasteiger partial charge in [0.05, 0.1) is 6.10 Å². The van der Waals surface area contributed by atoms with Gasteiger partial charge in [-0.2, -0.15) is 0 Å². The van der Waals surface area contributed by atoms with E-state index in [2.05, 4.69) is 9.97 Å². The highest BCUT2D eigenvalue weighted by Crippen LogP contribution is 2.09. The Kier molecular flexibility index (Phi) is 3.13. The summed E-state index contributed by atoms with van der Waals surface area (Å²) in [5.41, 5.74) is 0.756. The van der Waals surface area contributed by atoms with E-state index in [1.807, 2.05) is 19.0 Å². The molecule has 1 aromatic rings. The number of rotatable bonds is 3. The standard InChI is InChI=1S/C8H13N3O/c1-11(2)5-8(12)7-3-9-6-10-4-7/h3-4,6,8,12H,5H2,1-2H3. The number of likely N-dealkylation sites (N-methyl/N-ethyl adjacent to an activating group) is 1. The molecule has 0 aliphatic heterocycles. The van der Waals surface area contributed by atoms with E-state index in [4.69, 9.17) is 0 Å². The summed E-state index contributed by atoms with van der Waals surface area (Å²) in [6.45, 7) is 0.591.